The fourth-order valence-electron chi connectivity index (χ4n) is 11.2. The molecular weight excluding hydrogens is 971 g/mol. The molecule has 0 aliphatic carbocycles. The second-order valence-electron chi connectivity index (χ2n) is 24.6. The van der Waals surface area contributed by atoms with Gasteiger partial charge >= 0.3 is 5.97 Å². The first-order valence-corrected chi connectivity index (χ1v) is 35.8. The average molecular weight is 1110 g/mol. The van der Waals surface area contributed by atoms with E-state index in [9.17, 15) is 19.8 Å². The number of carbonyl (C=O) groups excluding carboxylic acids is 2. The first-order valence-electron chi connectivity index (χ1n) is 35.8. The quantitative estimate of drug-likeness (QED) is 0.0320. The molecule has 0 aliphatic heterocycles. The predicted molar refractivity (Wildman–Crippen MR) is 347 cm³/mol. The average Bonchev–Trinajstić information content (AvgIpc) is 3.45. The van der Waals surface area contributed by atoms with Gasteiger partial charge in [0.25, 0.3) is 0 Å². The van der Waals surface area contributed by atoms with Gasteiger partial charge in [-0.15, -0.1) is 0 Å². The van der Waals surface area contributed by atoms with Crippen LogP contribution in [-0.2, 0) is 14.3 Å². The van der Waals surface area contributed by atoms with Crippen molar-refractivity contribution in [2.45, 2.75) is 405 Å². The summed E-state index contributed by atoms with van der Waals surface area (Å²) in [5.41, 5.74) is 0. The Balaban J connectivity index is 3.38. The van der Waals surface area contributed by atoms with Crippen molar-refractivity contribution in [2.24, 2.45) is 0 Å². The summed E-state index contributed by atoms with van der Waals surface area (Å²) in [4.78, 5) is 24.6. The van der Waals surface area contributed by atoms with Crippen LogP contribution in [-0.4, -0.2) is 47.4 Å². The Morgan fingerprint density at radius 2 is 0.633 bits per heavy atom. The van der Waals surface area contributed by atoms with Crippen LogP contribution in [0.25, 0.3) is 0 Å². The number of allylic oxidation sites excluding steroid dienone is 5. The summed E-state index contributed by atoms with van der Waals surface area (Å²) in [6.07, 6.45) is 87.9. The molecule has 6 heteroatoms. The molecule has 0 fully saturated rings. The Morgan fingerprint density at radius 1 is 0.354 bits per heavy atom. The second-order valence-corrected chi connectivity index (χ2v) is 24.6. The Morgan fingerprint density at radius 3 is 0.975 bits per heavy atom. The van der Waals surface area contributed by atoms with E-state index in [0.29, 0.717) is 19.4 Å². The molecule has 1 amide bonds. The molecule has 0 radical (unpaired) electrons. The molecule has 0 bridgehead atoms. The zero-order chi connectivity index (χ0) is 57.1. The van der Waals surface area contributed by atoms with Crippen LogP contribution in [0.2, 0.25) is 0 Å². The van der Waals surface area contributed by atoms with Crippen molar-refractivity contribution in [2.75, 3.05) is 13.2 Å². The minimum Gasteiger partial charge on any atom is -0.466 e. The van der Waals surface area contributed by atoms with Gasteiger partial charge in [-0.1, -0.05) is 352 Å². The van der Waals surface area contributed by atoms with Gasteiger partial charge in [0, 0.05) is 12.8 Å². The number of carbonyl (C=O) groups is 2. The highest BCUT2D eigenvalue weighted by atomic mass is 16.5. The van der Waals surface area contributed by atoms with Crippen molar-refractivity contribution < 1.29 is 24.5 Å². The Bertz CT molecular complexity index is 1280. The zero-order valence-corrected chi connectivity index (χ0v) is 53.4. The SMILES string of the molecule is CCCCCC/C=C\C/C=C\CCCCCCCCCC(=O)OCCCCCCCCCCCCCCCCCCCCCCCCCCCC(=O)NC(CO)C(O)/C=C/CCCCCCCCCCCCCCCCCCC. The van der Waals surface area contributed by atoms with Gasteiger partial charge in [0.05, 0.1) is 25.4 Å². The standard InChI is InChI=1S/C73H139NO5/c1-3-5-7-9-11-13-15-17-19-21-30-33-37-41-45-49-53-57-61-65-71(76)70(69-75)74-72(77)66-62-58-54-50-46-42-38-34-31-28-26-24-23-25-27-29-32-36-40-44-48-52-56-60-64-68-79-73(78)67-63-59-55-51-47-43-39-35-22-20-18-16-14-12-10-8-6-4-2/h14,16,20,22,61,65,70-71,75-76H,3-13,15,17-19,21,23-60,62-64,66-69H2,1-2H3,(H,74,77)/b16-14-,22-20-,65-61+. The van der Waals surface area contributed by atoms with Gasteiger partial charge in [0.15, 0.2) is 0 Å². The summed E-state index contributed by atoms with van der Waals surface area (Å²) < 4.78 is 5.50. The molecule has 0 aromatic heterocycles. The number of hydrogen-bond donors (Lipinski definition) is 3. The third kappa shape index (κ3) is 65.1. The number of amides is 1. The number of hydrogen-bond acceptors (Lipinski definition) is 5. The number of aliphatic hydroxyl groups is 2. The lowest BCUT2D eigenvalue weighted by atomic mass is 10.0. The maximum atomic E-state index is 12.5. The molecule has 0 aromatic rings. The largest absolute Gasteiger partial charge is 0.466 e. The van der Waals surface area contributed by atoms with E-state index in [2.05, 4.69) is 43.5 Å². The summed E-state index contributed by atoms with van der Waals surface area (Å²) >= 11 is 0. The molecule has 3 N–H and O–H groups in total. The fraction of sp³-hybridized carbons (Fsp3) is 0.890. The molecule has 0 aliphatic rings. The van der Waals surface area contributed by atoms with Crippen LogP contribution < -0.4 is 5.32 Å². The van der Waals surface area contributed by atoms with E-state index in [0.717, 1.165) is 51.4 Å². The van der Waals surface area contributed by atoms with Gasteiger partial charge in [0.1, 0.15) is 0 Å². The number of nitrogens with one attached hydrogen (secondary N) is 1. The fourth-order valence-corrected chi connectivity index (χ4v) is 11.2. The molecule has 79 heavy (non-hydrogen) atoms. The molecule has 0 aromatic carbocycles. The van der Waals surface area contributed by atoms with Gasteiger partial charge in [-0.05, 0) is 64.2 Å². The first-order chi connectivity index (χ1) is 39.0. The molecule has 2 unspecified atom stereocenters. The van der Waals surface area contributed by atoms with Crippen molar-refractivity contribution >= 4 is 11.9 Å². The summed E-state index contributed by atoms with van der Waals surface area (Å²) in [6, 6.07) is -0.628. The molecular formula is C73H139NO5. The van der Waals surface area contributed by atoms with Crippen LogP contribution in [0, 0.1) is 0 Å². The number of unbranched alkanes of at least 4 members (excludes halogenated alkanes) is 52. The minimum atomic E-state index is -0.844. The summed E-state index contributed by atoms with van der Waals surface area (Å²) in [5.74, 6) is -0.0538. The molecule has 0 rings (SSSR count). The Labute approximate surface area is 494 Å². The zero-order valence-electron chi connectivity index (χ0n) is 53.4. The molecule has 0 saturated carbocycles. The Kier molecular flexibility index (Phi) is 66.9. The van der Waals surface area contributed by atoms with Crippen molar-refractivity contribution in [3.63, 3.8) is 0 Å². The number of aliphatic hydroxyl groups excluding tert-OH is 2. The smallest absolute Gasteiger partial charge is 0.305 e. The van der Waals surface area contributed by atoms with Crippen LogP contribution in [0.15, 0.2) is 36.5 Å². The first kappa shape index (κ1) is 77.1. The van der Waals surface area contributed by atoms with Crippen LogP contribution >= 0.6 is 0 Å². The van der Waals surface area contributed by atoms with Gasteiger partial charge < -0.3 is 20.3 Å². The summed E-state index contributed by atoms with van der Waals surface area (Å²) in [5, 5.41) is 23.2. The molecule has 466 valence electrons. The number of ether oxygens (including phenoxy) is 1. The van der Waals surface area contributed by atoms with Crippen molar-refractivity contribution in [1.29, 1.82) is 0 Å². The topological polar surface area (TPSA) is 95.9 Å². The number of rotatable bonds is 67. The Hall–Kier alpha value is -1.92. The van der Waals surface area contributed by atoms with Gasteiger partial charge in [-0.2, -0.15) is 0 Å². The van der Waals surface area contributed by atoms with Crippen LogP contribution in [0.3, 0.4) is 0 Å². The highest BCUT2D eigenvalue weighted by Gasteiger charge is 2.18. The van der Waals surface area contributed by atoms with E-state index in [-0.39, 0.29) is 18.5 Å². The number of esters is 1. The normalized spacial score (nSPS) is 12.7. The van der Waals surface area contributed by atoms with Crippen molar-refractivity contribution in [3.05, 3.63) is 36.5 Å². The van der Waals surface area contributed by atoms with Crippen LogP contribution in [0.4, 0.5) is 0 Å². The highest BCUT2D eigenvalue weighted by Crippen LogP contribution is 2.19. The predicted octanol–water partition coefficient (Wildman–Crippen LogP) is 23.1. The molecule has 6 nitrogen and oxygen atoms in total. The molecule has 0 spiro atoms. The molecule has 2 atom stereocenters. The third-order valence-electron chi connectivity index (χ3n) is 16.7. The lowest BCUT2D eigenvalue weighted by molar-refractivity contribution is -0.143. The van der Waals surface area contributed by atoms with Gasteiger partial charge in [-0.25, -0.2) is 0 Å². The van der Waals surface area contributed by atoms with E-state index < -0.39 is 12.1 Å². The lowest BCUT2D eigenvalue weighted by Crippen LogP contribution is -2.45. The maximum Gasteiger partial charge on any atom is 0.305 e. The third-order valence-corrected chi connectivity index (χ3v) is 16.7. The van der Waals surface area contributed by atoms with Crippen LogP contribution in [0.1, 0.15) is 393 Å². The molecule has 0 heterocycles. The maximum absolute atomic E-state index is 12.5. The van der Waals surface area contributed by atoms with E-state index in [1.807, 2.05) is 6.08 Å². The van der Waals surface area contributed by atoms with Gasteiger partial charge in [-0.3, -0.25) is 9.59 Å². The summed E-state index contributed by atoms with van der Waals surface area (Å²) in [7, 11) is 0. The highest BCUT2D eigenvalue weighted by molar-refractivity contribution is 5.76. The minimum absolute atomic E-state index is 0.00918. The van der Waals surface area contributed by atoms with Crippen molar-refractivity contribution in [1.82, 2.24) is 5.32 Å². The van der Waals surface area contributed by atoms with E-state index >= 15 is 0 Å². The summed E-state index contributed by atoms with van der Waals surface area (Å²) in [6.45, 7) is 4.92. The van der Waals surface area contributed by atoms with E-state index in [1.54, 1.807) is 6.08 Å². The second kappa shape index (κ2) is 68.6. The van der Waals surface area contributed by atoms with Crippen molar-refractivity contribution in [3.8, 4) is 0 Å². The van der Waals surface area contributed by atoms with E-state index in [1.165, 1.54) is 315 Å². The van der Waals surface area contributed by atoms with Gasteiger partial charge in [0.2, 0.25) is 5.91 Å². The monoisotopic (exact) mass is 1110 g/mol. The van der Waals surface area contributed by atoms with E-state index in [4.69, 9.17) is 4.74 Å². The van der Waals surface area contributed by atoms with Crippen LogP contribution in [0.5, 0.6) is 0 Å². The molecule has 0 saturated heterocycles. The lowest BCUT2D eigenvalue weighted by Gasteiger charge is -2.20.